The molecule has 1 atom stereocenters. The molecule has 5 rings (SSSR count). The summed E-state index contributed by atoms with van der Waals surface area (Å²) in [4.78, 5) is 0. The summed E-state index contributed by atoms with van der Waals surface area (Å²) in [6.07, 6.45) is 4.98. The second-order valence-electron chi connectivity index (χ2n) is 7.70. The first-order valence-corrected chi connectivity index (χ1v) is 10.2. The van der Waals surface area contributed by atoms with Crippen molar-refractivity contribution in [3.63, 3.8) is 0 Å². The maximum absolute atomic E-state index is 9.84. The highest BCUT2D eigenvalue weighted by atomic mass is 16.5. The predicted molar refractivity (Wildman–Crippen MR) is 113 cm³/mol. The van der Waals surface area contributed by atoms with Crippen LogP contribution in [-0.4, -0.2) is 16.3 Å². The van der Waals surface area contributed by atoms with Crippen LogP contribution in [0.4, 0.5) is 0 Å². The zero-order valence-corrected chi connectivity index (χ0v) is 16.5. The van der Waals surface area contributed by atoms with Crippen molar-refractivity contribution in [1.82, 2.24) is 10.2 Å². The summed E-state index contributed by atoms with van der Waals surface area (Å²) < 4.78 is 11.8. The molecule has 0 amide bonds. The van der Waals surface area contributed by atoms with Crippen molar-refractivity contribution in [2.24, 2.45) is 5.73 Å². The average Bonchev–Trinajstić information content (AvgIpc) is 3.44. The monoisotopic (exact) mass is 398 g/mol. The van der Waals surface area contributed by atoms with Gasteiger partial charge in [-0.25, -0.2) is 0 Å². The number of nitrogens with one attached hydrogen (secondary N) is 1. The summed E-state index contributed by atoms with van der Waals surface area (Å²) in [6, 6.07) is 20.1. The van der Waals surface area contributed by atoms with Gasteiger partial charge in [0.25, 0.3) is 0 Å². The lowest BCUT2D eigenvalue weighted by Crippen LogP contribution is -2.21. The number of rotatable bonds is 4. The number of nitrogens with zero attached hydrogens (tertiary/aromatic N) is 2. The van der Waals surface area contributed by atoms with Gasteiger partial charge in [0.05, 0.1) is 23.3 Å². The van der Waals surface area contributed by atoms with Crippen molar-refractivity contribution in [2.45, 2.75) is 37.7 Å². The minimum absolute atomic E-state index is 0.0902. The predicted octanol–water partition coefficient (Wildman–Crippen LogP) is 4.62. The number of allylic oxidation sites excluding steroid dienone is 1. The number of hydrogen-bond acceptors (Lipinski definition) is 5. The van der Waals surface area contributed by atoms with E-state index in [1.54, 1.807) is 0 Å². The number of benzene rings is 2. The Hall–Kier alpha value is -3.72. The van der Waals surface area contributed by atoms with Gasteiger partial charge in [0.15, 0.2) is 0 Å². The first kappa shape index (κ1) is 18.3. The van der Waals surface area contributed by atoms with Crippen molar-refractivity contribution >= 4 is 0 Å². The standard InChI is InChI=1S/C24H22N4O2/c25-14-19-20(15-10-12-18(13-11-15)29-17-8-4-5-9-17)21-22(16-6-2-1-3-7-16)27-28-24(21)30-23(19)26/h1-3,6-7,10-13,17,20H,4-5,8-9,26H2,(H,27,28)/t20-/m1/s1. The Balaban J connectivity index is 1.55. The van der Waals surface area contributed by atoms with Crippen LogP contribution in [0.15, 0.2) is 66.1 Å². The molecule has 150 valence electrons. The van der Waals surface area contributed by atoms with Gasteiger partial charge in [0.1, 0.15) is 17.4 Å². The van der Waals surface area contributed by atoms with Crippen LogP contribution in [-0.2, 0) is 0 Å². The van der Waals surface area contributed by atoms with Gasteiger partial charge in [0, 0.05) is 0 Å². The summed E-state index contributed by atoms with van der Waals surface area (Å²) in [5.74, 6) is 0.978. The van der Waals surface area contributed by atoms with E-state index < -0.39 is 0 Å². The van der Waals surface area contributed by atoms with Crippen LogP contribution in [0.5, 0.6) is 11.6 Å². The van der Waals surface area contributed by atoms with Crippen LogP contribution in [0.25, 0.3) is 11.3 Å². The summed E-state index contributed by atoms with van der Waals surface area (Å²) >= 11 is 0. The number of fused-ring (bicyclic) bond motifs is 1. The number of nitrogens with two attached hydrogens (primary N) is 1. The van der Waals surface area contributed by atoms with E-state index >= 15 is 0 Å². The van der Waals surface area contributed by atoms with E-state index in [1.807, 2.05) is 54.6 Å². The van der Waals surface area contributed by atoms with Gasteiger partial charge in [-0.05, 0) is 48.9 Å². The summed E-state index contributed by atoms with van der Waals surface area (Å²) in [5, 5.41) is 17.2. The molecule has 0 radical (unpaired) electrons. The smallest absolute Gasteiger partial charge is 0.244 e. The molecule has 2 aromatic carbocycles. The zero-order chi connectivity index (χ0) is 20.5. The second-order valence-corrected chi connectivity index (χ2v) is 7.70. The Labute approximate surface area is 174 Å². The van der Waals surface area contributed by atoms with Gasteiger partial charge in [-0.2, -0.15) is 5.26 Å². The van der Waals surface area contributed by atoms with Crippen LogP contribution in [0, 0.1) is 11.3 Å². The number of ether oxygens (including phenoxy) is 2. The lowest BCUT2D eigenvalue weighted by Gasteiger charge is -2.24. The molecule has 0 unspecified atom stereocenters. The quantitative estimate of drug-likeness (QED) is 0.668. The molecule has 1 aliphatic carbocycles. The lowest BCUT2D eigenvalue weighted by molar-refractivity contribution is 0.210. The number of H-pyrrole nitrogens is 1. The van der Waals surface area contributed by atoms with Gasteiger partial charge in [-0.15, -0.1) is 5.10 Å². The maximum atomic E-state index is 9.84. The fourth-order valence-electron chi connectivity index (χ4n) is 4.34. The fraction of sp³-hybridized carbons (Fsp3) is 0.250. The Morgan fingerprint density at radius 3 is 2.50 bits per heavy atom. The van der Waals surface area contributed by atoms with Gasteiger partial charge in [-0.3, -0.25) is 5.10 Å². The third-order valence-corrected chi connectivity index (χ3v) is 5.82. The molecule has 2 aliphatic rings. The maximum Gasteiger partial charge on any atom is 0.244 e. The van der Waals surface area contributed by atoms with E-state index in [9.17, 15) is 5.26 Å². The SMILES string of the molecule is N#CC1=C(N)Oc2n[nH]c(-c3ccccc3)c2[C@@H]1c1ccc(OC2CCCC2)cc1. The number of aromatic nitrogens is 2. The molecule has 6 nitrogen and oxygen atoms in total. The van der Waals surface area contributed by atoms with E-state index in [1.165, 1.54) is 12.8 Å². The van der Waals surface area contributed by atoms with Crippen LogP contribution < -0.4 is 15.2 Å². The highest BCUT2D eigenvalue weighted by Crippen LogP contribution is 2.45. The van der Waals surface area contributed by atoms with Gasteiger partial charge < -0.3 is 15.2 Å². The van der Waals surface area contributed by atoms with E-state index in [2.05, 4.69) is 16.3 Å². The molecule has 1 fully saturated rings. The average molecular weight is 398 g/mol. The van der Waals surface area contributed by atoms with E-state index in [4.69, 9.17) is 15.2 Å². The first-order valence-electron chi connectivity index (χ1n) is 10.2. The molecule has 3 N–H and O–H groups in total. The van der Waals surface area contributed by atoms with Crippen LogP contribution >= 0.6 is 0 Å². The Kier molecular flexibility index (Phi) is 4.64. The van der Waals surface area contributed by atoms with Crippen molar-refractivity contribution in [3.05, 3.63) is 77.2 Å². The van der Waals surface area contributed by atoms with Gasteiger partial charge in [-0.1, -0.05) is 42.5 Å². The summed E-state index contributed by atoms with van der Waals surface area (Å²) in [6.45, 7) is 0. The molecular weight excluding hydrogens is 376 g/mol. The molecule has 30 heavy (non-hydrogen) atoms. The summed E-state index contributed by atoms with van der Waals surface area (Å²) in [5.41, 5.74) is 10.0. The van der Waals surface area contributed by atoms with Crippen LogP contribution in [0.3, 0.4) is 0 Å². The van der Waals surface area contributed by atoms with E-state index in [-0.39, 0.29) is 11.8 Å². The van der Waals surface area contributed by atoms with E-state index in [0.29, 0.717) is 17.6 Å². The zero-order valence-electron chi connectivity index (χ0n) is 16.5. The van der Waals surface area contributed by atoms with Crippen molar-refractivity contribution in [2.75, 3.05) is 0 Å². The third kappa shape index (κ3) is 3.18. The fourth-order valence-corrected chi connectivity index (χ4v) is 4.34. The number of nitriles is 1. The highest BCUT2D eigenvalue weighted by Gasteiger charge is 2.35. The molecule has 3 aromatic rings. The van der Waals surface area contributed by atoms with Gasteiger partial charge in [0.2, 0.25) is 11.8 Å². The minimum Gasteiger partial charge on any atom is -0.490 e. The molecule has 0 bridgehead atoms. The normalized spacial score (nSPS) is 18.6. The van der Waals surface area contributed by atoms with Crippen LogP contribution in [0.2, 0.25) is 0 Å². The molecule has 1 aromatic heterocycles. The molecule has 0 saturated heterocycles. The molecular formula is C24H22N4O2. The number of hydrogen-bond donors (Lipinski definition) is 2. The second kappa shape index (κ2) is 7.60. The minimum atomic E-state index is -0.367. The first-order chi connectivity index (χ1) is 14.7. The molecule has 2 heterocycles. The Morgan fingerprint density at radius 1 is 1.07 bits per heavy atom. The molecule has 1 saturated carbocycles. The van der Waals surface area contributed by atoms with Crippen molar-refractivity contribution < 1.29 is 9.47 Å². The van der Waals surface area contributed by atoms with E-state index in [0.717, 1.165) is 41.0 Å². The third-order valence-electron chi connectivity index (χ3n) is 5.82. The molecule has 1 aliphatic heterocycles. The molecule has 6 heteroatoms. The van der Waals surface area contributed by atoms with Gasteiger partial charge >= 0.3 is 0 Å². The van der Waals surface area contributed by atoms with Crippen LogP contribution in [0.1, 0.15) is 42.7 Å². The molecule has 0 spiro atoms. The summed E-state index contributed by atoms with van der Waals surface area (Å²) in [7, 11) is 0. The Morgan fingerprint density at radius 2 is 1.80 bits per heavy atom. The topological polar surface area (TPSA) is 97.0 Å². The largest absolute Gasteiger partial charge is 0.490 e. The van der Waals surface area contributed by atoms with Crippen molar-refractivity contribution in [1.29, 1.82) is 5.26 Å². The Bertz CT molecular complexity index is 1120. The highest BCUT2D eigenvalue weighted by molar-refractivity contribution is 5.70. The lowest BCUT2D eigenvalue weighted by atomic mass is 9.83. The van der Waals surface area contributed by atoms with Crippen molar-refractivity contribution in [3.8, 4) is 29.0 Å². The number of aromatic amines is 1.